The van der Waals surface area contributed by atoms with Crippen molar-refractivity contribution >= 4 is 5.69 Å². The monoisotopic (exact) mass is 287 g/mol. The van der Waals surface area contributed by atoms with Gasteiger partial charge in [0, 0.05) is 17.3 Å². The predicted octanol–water partition coefficient (Wildman–Crippen LogP) is 3.46. The Morgan fingerprint density at radius 2 is 1.86 bits per heavy atom. The lowest BCUT2D eigenvalue weighted by atomic mass is 10.1. The molecule has 0 heterocycles. The van der Waals surface area contributed by atoms with Gasteiger partial charge in [-0.05, 0) is 49.7 Å². The highest BCUT2D eigenvalue weighted by atomic mass is 16.5. The van der Waals surface area contributed by atoms with Crippen LogP contribution in [0.15, 0.2) is 42.5 Å². The maximum atomic E-state index is 9.42. The maximum Gasteiger partial charge on any atom is 0.124 e. The summed E-state index contributed by atoms with van der Waals surface area (Å²) in [5, 5.41) is 22.1. The number of hydrogen-bond acceptors (Lipinski definition) is 4. The molecular weight excluding hydrogens is 266 g/mol. The summed E-state index contributed by atoms with van der Waals surface area (Å²) in [4.78, 5) is 0. The lowest BCUT2D eigenvalue weighted by Crippen LogP contribution is -2.07. The fraction of sp³-hybridized carbons (Fsp3) is 0.294. The molecule has 1 unspecified atom stereocenters. The molecule has 0 saturated carbocycles. The van der Waals surface area contributed by atoms with Crippen LogP contribution in [0.4, 0.5) is 5.69 Å². The van der Waals surface area contributed by atoms with Gasteiger partial charge in [0.05, 0.1) is 13.2 Å². The van der Waals surface area contributed by atoms with Gasteiger partial charge in [-0.3, -0.25) is 0 Å². The summed E-state index contributed by atoms with van der Waals surface area (Å²) >= 11 is 0. The van der Waals surface area contributed by atoms with Crippen LogP contribution in [0.1, 0.15) is 31.0 Å². The number of aromatic hydroxyl groups is 1. The van der Waals surface area contributed by atoms with Crippen molar-refractivity contribution in [1.82, 2.24) is 0 Å². The lowest BCUT2D eigenvalue weighted by molar-refractivity contribution is 0.267. The van der Waals surface area contributed by atoms with Gasteiger partial charge in [0.15, 0.2) is 0 Å². The second kappa shape index (κ2) is 6.99. The molecule has 4 nitrogen and oxygen atoms in total. The number of rotatable bonds is 6. The number of phenols is 1. The van der Waals surface area contributed by atoms with Crippen molar-refractivity contribution in [3.8, 4) is 11.5 Å². The molecule has 0 saturated heterocycles. The fourth-order valence-corrected chi connectivity index (χ4v) is 2.19. The molecule has 0 fully saturated rings. The SMILES string of the molecule is CCOc1ccc(NC(C)c2ccc(O)cc2)cc1CO. The summed E-state index contributed by atoms with van der Waals surface area (Å²) in [6, 6.07) is 12.9. The van der Waals surface area contributed by atoms with E-state index in [-0.39, 0.29) is 18.4 Å². The summed E-state index contributed by atoms with van der Waals surface area (Å²) in [7, 11) is 0. The van der Waals surface area contributed by atoms with E-state index in [1.807, 2.05) is 44.2 Å². The van der Waals surface area contributed by atoms with Crippen molar-refractivity contribution < 1.29 is 14.9 Å². The van der Waals surface area contributed by atoms with E-state index in [2.05, 4.69) is 5.32 Å². The van der Waals surface area contributed by atoms with Crippen LogP contribution in [-0.2, 0) is 6.61 Å². The van der Waals surface area contributed by atoms with E-state index in [1.165, 1.54) is 0 Å². The zero-order valence-electron chi connectivity index (χ0n) is 12.3. The second-order valence-corrected chi connectivity index (χ2v) is 4.87. The van der Waals surface area contributed by atoms with Gasteiger partial charge >= 0.3 is 0 Å². The van der Waals surface area contributed by atoms with Crippen molar-refractivity contribution in [2.45, 2.75) is 26.5 Å². The number of hydrogen-bond donors (Lipinski definition) is 3. The van der Waals surface area contributed by atoms with Gasteiger partial charge in [-0.1, -0.05) is 12.1 Å². The molecule has 0 aliphatic heterocycles. The average Bonchev–Trinajstić information content (AvgIpc) is 2.49. The van der Waals surface area contributed by atoms with Crippen LogP contribution in [0.3, 0.4) is 0 Å². The summed E-state index contributed by atoms with van der Waals surface area (Å²) in [5.41, 5.74) is 2.76. The molecule has 2 rings (SSSR count). The molecule has 0 aromatic heterocycles. The van der Waals surface area contributed by atoms with E-state index >= 15 is 0 Å². The number of anilines is 1. The van der Waals surface area contributed by atoms with Crippen LogP contribution < -0.4 is 10.1 Å². The lowest BCUT2D eigenvalue weighted by Gasteiger charge is -2.17. The first-order valence-electron chi connectivity index (χ1n) is 7.06. The number of ether oxygens (including phenoxy) is 1. The third kappa shape index (κ3) is 3.89. The van der Waals surface area contributed by atoms with E-state index in [4.69, 9.17) is 4.74 Å². The molecule has 0 spiro atoms. The van der Waals surface area contributed by atoms with Crippen LogP contribution in [0.2, 0.25) is 0 Å². The minimum absolute atomic E-state index is 0.0571. The highest BCUT2D eigenvalue weighted by molar-refractivity contribution is 5.52. The van der Waals surface area contributed by atoms with Gasteiger partial charge in [-0.25, -0.2) is 0 Å². The molecule has 0 radical (unpaired) electrons. The van der Waals surface area contributed by atoms with Crippen LogP contribution in [0, 0.1) is 0 Å². The molecular formula is C17H21NO3. The highest BCUT2D eigenvalue weighted by Crippen LogP contribution is 2.26. The fourth-order valence-electron chi connectivity index (χ4n) is 2.19. The molecule has 3 N–H and O–H groups in total. The van der Waals surface area contributed by atoms with Gasteiger partial charge in [0.1, 0.15) is 11.5 Å². The number of phenolic OH excluding ortho intramolecular Hbond substituents is 1. The molecule has 0 aliphatic rings. The maximum absolute atomic E-state index is 9.42. The topological polar surface area (TPSA) is 61.7 Å². The minimum atomic E-state index is -0.0571. The largest absolute Gasteiger partial charge is 0.508 e. The van der Waals surface area contributed by atoms with E-state index in [9.17, 15) is 10.2 Å². The molecule has 4 heteroatoms. The van der Waals surface area contributed by atoms with Gasteiger partial charge in [0.25, 0.3) is 0 Å². The van der Waals surface area contributed by atoms with Crippen molar-refractivity contribution in [1.29, 1.82) is 0 Å². The summed E-state index contributed by atoms with van der Waals surface area (Å²) in [5.74, 6) is 0.970. The smallest absolute Gasteiger partial charge is 0.124 e. The van der Waals surface area contributed by atoms with E-state index < -0.39 is 0 Å². The summed E-state index contributed by atoms with van der Waals surface area (Å²) in [6.45, 7) is 4.48. The Morgan fingerprint density at radius 3 is 2.48 bits per heavy atom. The Balaban J connectivity index is 2.13. The molecule has 0 amide bonds. The zero-order chi connectivity index (χ0) is 15.2. The van der Waals surface area contributed by atoms with Gasteiger partial charge in [-0.2, -0.15) is 0 Å². The number of benzene rings is 2. The van der Waals surface area contributed by atoms with Crippen LogP contribution in [0.5, 0.6) is 11.5 Å². The molecule has 2 aromatic rings. The molecule has 2 aromatic carbocycles. The van der Waals surface area contributed by atoms with Crippen molar-refractivity contribution in [2.24, 2.45) is 0 Å². The second-order valence-electron chi connectivity index (χ2n) is 4.87. The summed E-state index contributed by atoms with van der Waals surface area (Å²) < 4.78 is 5.47. The Labute approximate surface area is 125 Å². The van der Waals surface area contributed by atoms with E-state index in [0.29, 0.717) is 12.4 Å². The highest BCUT2D eigenvalue weighted by Gasteiger charge is 2.08. The number of nitrogens with one attached hydrogen (secondary N) is 1. The Hall–Kier alpha value is -2.20. The number of aliphatic hydroxyl groups excluding tert-OH is 1. The standard InChI is InChI=1S/C17H21NO3/c1-3-21-17-9-6-15(10-14(17)11-19)18-12(2)13-4-7-16(20)8-5-13/h4-10,12,18-20H,3,11H2,1-2H3. The molecule has 112 valence electrons. The quantitative estimate of drug-likeness (QED) is 0.761. The normalized spacial score (nSPS) is 12.0. The third-order valence-corrected chi connectivity index (χ3v) is 3.31. The Morgan fingerprint density at radius 1 is 1.14 bits per heavy atom. The Bertz CT molecular complexity index is 581. The van der Waals surface area contributed by atoms with Crippen molar-refractivity contribution in [3.05, 3.63) is 53.6 Å². The molecule has 1 atom stereocenters. The van der Waals surface area contributed by atoms with Gasteiger partial charge in [0.2, 0.25) is 0 Å². The first kappa shape index (κ1) is 15.2. The van der Waals surface area contributed by atoms with Crippen molar-refractivity contribution in [2.75, 3.05) is 11.9 Å². The van der Waals surface area contributed by atoms with Crippen LogP contribution in [-0.4, -0.2) is 16.8 Å². The average molecular weight is 287 g/mol. The van der Waals surface area contributed by atoms with Crippen LogP contribution >= 0.6 is 0 Å². The minimum Gasteiger partial charge on any atom is -0.508 e. The summed E-state index contributed by atoms with van der Waals surface area (Å²) in [6.07, 6.45) is 0. The Kier molecular flexibility index (Phi) is 5.06. The zero-order valence-corrected chi connectivity index (χ0v) is 12.3. The van der Waals surface area contributed by atoms with Crippen LogP contribution in [0.25, 0.3) is 0 Å². The first-order valence-corrected chi connectivity index (χ1v) is 7.06. The van der Waals surface area contributed by atoms with E-state index in [0.717, 1.165) is 16.8 Å². The third-order valence-electron chi connectivity index (χ3n) is 3.31. The molecule has 0 bridgehead atoms. The van der Waals surface area contributed by atoms with Crippen molar-refractivity contribution in [3.63, 3.8) is 0 Å². The molecule has 0 aliphatic carbocycles. The predicted molar refractivity (Wildman–Crippen MR) is 83.7 cm³/mol. The first-order chi connectivity index (χ1) is 10.1. The number of aliphatic hydroxyl groups is 1. The molecule has 21 heavy (non-hydrogen) atoms. The van der Waals surface area contributed by atoms with E-state index in [1.54, 1.807) is 12.1 Å². The van der Waals surface area contributed by atoms with Gasteiger partial charge < -0.3 is 20.3 Å². The van der Waals surface area contributed by atoms with Gasteiger partial charge in [-0.15, -0.1) is 0 Å².